The van der Waals surface area contributed by atoms with Gasteiger partial charge in [0.05, 0.1) is 37.0 Å². The fourth-order valence-electron chi connectivity index (χ4n) is 1.84. The summed E-state index contributed by atoms with van der Waals surface area (Å²) in [6.07, 6.45) is 8.74. The van der Waals surface area contributed by atoms with E-state index in [1.54, 1.807) is 0 Å². The minimum Gasteiger partial charge on any atom is -0.184 e. The Morgan fingerprint density at radius 1 is 0.636 bits per heavy atom. The van der Waals surface area contributed by atoms with Crippen molar-refractivity contribution in [1.82, 2.24) is 0 Å². The SMILES string of the molecule is CC[PH+](CC)CC.CC[PH+](CC)CC.[Cl][Pd+].[c-]1ccccc1. The maximum absolute atomic E-state index is 4.49. The largest absolute Gasteiger partial charge is 0.184 e. The summed E-state index contributed by atoms with van der Waals surface area (Å²) in [4.78, 5) is 0. The number of halogens is 1. The van der Waals surface area contributed by atoms with Crippen LogP contribution in [0.15, 0.2) is 30.3 Å². The quantitative estimate of drug-likeness (QED) is 0.254. The summed E-state index contributed by atoms with van der Waals surface area (Å²) < 4.78 is 0. The van der Waals surface area contributed by atoms with Crippen LogP contribution in [0.4, 0.5) is 0 Å². The molecule has 0 aliphatic heterocycles. The molecule has 0 N–H and O–H groups in total. The molecule has 0 saturated heterocycles. The number of benzene rings is 1. The first-order chi connectivity index (χ1) is 10.7. The van der Waals surface area contributed by atoms with E-state index in [0.717, 1.165) is 0 Å². The van der Waals surface area contributed by atoms with Crippen molar-refractivity contribution in [2.24, 2.45) is 0 Å². The van der Waals surface area contributed by atoms with Crippen LogP contribution >= 0.6 is 25.4 Å². The smallest absolute Gasteiger partial charge is 0.171 e. The summed E-state index contributed by atoms with van der Waals surface area (Å²) in [5.41, 5.74) is 0. The fourth-order valence-corrected chi connectivity index (χ4v) is 4.84. The molecule has 0 spiro atoms. The van der Waals surface area contributed by atoms with E-state index in [1.807, 2.05) is 30.3 Å². The Kier molecular flexibility index (Phi) is 34.1. The van der Waals surface area contributed by atoms with Gasteiger partial charge in [-0.25, -0.2) is 0 Å². The van der Waals surface area contributed by atoms with Gasteiger partial charge in [-0.3, -0.25) is 0 Å². The van der Waals surface area contributed by atoms with Gasteiger partial charge in [-0.2, -0.15) is 36.4 Å². The summed E-state index contributed by atoms with van der Waals surface area (Å²) >= 11 is 2.22. The zero-order chi connectivity index (χ0) is 17.6. The van der Waals surface area contributed by atoms with Crippen molar-refractivity contribution >= 4 is 25.4 Å². The van der Waals surface area contributed by atoms with Gasteiger partial charge in [-0.1, -0.05) is 0 Å². The topological polar surface area (TPSA) is 0 Å². The molecule has 0 heterocycles. The van der Waals surface area contributed by atoms with Crippen molar-refractivity contribution < 1.29 is 18.2 Å². The Balaban J connectivity index is -0.000000233. The zero-order valence-corrected chi connectivity index (χ0v) is 19.6. The molecule has 0 radical (unpaired) electrons. The molecule has 0 fully saturated rings. The van der Waals surface area contributed by atoms with Gasteiger partial charge in [0.15, 0.2) is 0 Å². The standard InChI is InChI=1S/2C6H15P.C6H5.ClH.Pd/c2*1-4-7(5-2)6-3;1-2-4-6-5-3-1;;/h2*4-6H2,1-3H3;1-5H;1H;/q;;-1;;+2/p+1. The second-order valence-electron chi connectivity index (χ2n) is 4.70. The van der Waals surface area contributed by atoms with E-state index in [9.17, 15) is 0 Å². The van der Waals surface area contributed by atoms with E-state index in [0.29, 0.717) is 0 Å². The normalized spacial score (nSPS) is 9.05. The Hall–Kier alpha value is 1.03. The molecule has 0 aliphatic rings. The van der Waals surface area contributed by atoms with Gasteiger partial charge in [-0.15, -0.1) is 0 Å². The molecular formula is C18H37ClP2Pd+2. The van der Waals surface area contributed by atoms with Crippen LogP contribution < -0.4 is 0 Å². The number of hydrogen-bond donors (Lipinski definition) is 0. The first-order valence-corrected chi connectivity index (χ1v) is 14.6. The molecular weight excluding hydrogens is 420 g/mol. The Morgan fingerprint density at radius 2 is 0.909 bits per heavy atom. The van der Waals surface area contributed by atoms with Crippen LogP contribution in [0.5, 0.6) is 0 Å². The first-order valence-electron chi connectivity index (χ1n) is 8.39. The fraction of sp³-hybridized carbons (Fsp3) is 0.667. The van der Waals surface area contributed by atoms with Crippen molar-refractivity contribution in [3.8, 4) is 0 Å². The number of rotatable bonds is 6. The third-order valence-electron chi connectivity index (χ3n) is 3.61. The summed E-state index contributed by atoms with van der Waals surface area (Å²) in [7, 11) is 4.76. The van der Waals surface area contributed by atoms with E-state index in [1.165, 1.54) is 37.0 Å². The molecule has 0 atom stereocenters. The van der Waals surface area contributed by atoms with E-state index in [2.05, 4.69) is 75.3 Å². The van der Waals surface area contributed by atoms with E-state index < -0.39 is 0 Å². The second kappa shape index (κ2) is 26.9. The van der Waals surface area contributed by atoms with Crippen LogP contribution in [-0.2, 0) is 18.2 Å². The monoisotopic (exact) mass is 456 g/mol. The predicted octanol–water partition coefficient (Wildman–Crippen LogP) is 6.69. The van der Waals surface area contributed by atoms with Crippen molar-refractivity contribution in [3.05, 3.63) is 36.4 Å². The molecule has 1 aromatic carbocycles. The molecule has 134 valence electrons. The zero-order valence-electron chi connectivity index (χ0n) is 15.3. The maximum atomic E-state index is 4.49. The molecule has 0 saturated carbocycles. The van der Waals surface area contributed by atoms with Crippen LogP contribution in [-0.4, -0.2) is 37.0 Å². The minimum absolute atomic E-state index is 0.137. The predicted molar refractivity (Wildman–Crippen MR) is 111 cm³/mol. The Morgan fingerprint density at radius 3 is 0.955 bits per heavy atom. The molecule has 0 unspecified atom stereocenters. The minimum atomic E-state index is 0.137. The van der Waals surface area contributed by atoms with E-state index in [4.69, 9.17) is 0 Å². The van der Waals surface area contributed by atoms with Gasteiger partial charge in [0.2, 0.25) is 0 Å². The molecule has 0 bridgehead atoms. The summed E-state index contributed by atoms with van der Waals surface area (Å²) in [6.45, 7) is 13.8. The molecule has 4 heteroatoms. The molecule has 1 rings (SSSR count). The van der Waals surface area contributed by atoms with Crippen molar-refractivity contribution in [1.29, 1.82) is 0 Å². The molecule has 22 heavy (non-hydrogen) atoms. The van der Waals surface area contributed by atoms with Gasteiger partial charge in [0.1, 0.15) is 0 Å². The van der Waals surface area contributed by atoms with Crippen molar-refractivity contribution in [2.45, 2.75) is 41.5 Å². The van der Waals surface area contributed by atoms with Crippen molar-refractivity contribution in [3.63, 3.8) is 0 Å². The van der Waals surface area contributed by atoms with Gasteiger partial charge in [-0.05, 0) is 57.4 Å². The molecule has 0 aromatic heterocycles. The summed E-state index contributed by atoms with van der Waals surface area (Å²) in [5, 5.41) is 0. The van der Waals surface area contributed by atoms with Crippen LogP contribution in [0.25, 0.3) is 0 Å². The average molecular weight is 457 g/mol. The summed E-state index contributed by atoms with van der Waals surface area (Å²) in [5.74, 6) is 0. The Labute approximate surface area is 158 Å². The van der Waals surface area contributed by atoms with Crippen molar-refractivity contribution in [2.75, 3.05) is 37.0 Å². The second-order valence-corrected chi connectivity index (χ2v) is 11.9. The van der Waals surface area contributed by atoms with Gasteiger partial charge < -0.3 is 0 Å². The third kappa shape index (κ3) is 23.3. The van der Waals surface area contributed by atoms with Crippen LogP contribution in [0.1, 0.15) is 41.5 Å². The van der Waals surface area contributed by atoms with Gasteiger partial charge in [0.25, 0.3) is 0 Å². The first kappa shape index (κ1) is 27.9. The molecule has 1 aromatic rings. The third-order valence-corrected chi connectivity index (χ3v) is 9.61. The van der Waals surface area contributed by atoms with Crippen LogP contribution in [0.3, 0.4) is 0 Å². The average Bonchev–Trinajstić information content (AvgIpc) is 2.62. The number of hydrogen-bond acceptors (Lipinski definition) is 0. The molecule has 0 aliphatic carbocycles. The Bertz CT molecular complexity index is 203. The van der Waals surface area contributed by atoms with Crippen LogP contribution in [0, 0.1) is 6.07 Å². The van der Waals surface area contributed by atoms with Gasteiger partial charge >= 0.3 is 27.7 Å². The van der Waals surface area contributed by atoms with E-state index in [-0.39, 0.29) is 15.8 Å². The van der Waals surface area contributed by atoms with Gasteiger partial charge in [0, 0.05) is 0 Å². The molecule has 0 nitrogen and oxygen atoms in total. The summed E-state index contributed by atoms with van der Waals surface area (Å²) in [6, 6.07) is 12.5. The maximum Gasteiger partial charge on any atom is -0.171 e. The molecule has 0 amide bonds. The van der Waals surface area contributed by atoms with Crippen LogP contribution in [0.2, 0.25) is 0 Å². The van der Waals surface area contributed by atoms with E-state index >= 15 is 0 Å².